The SMILES string of the molecule is CC.CC(C)C(=O)N1CCN(c2ccc(N)cc2)CC1C. The number of nitrogens with two attached hydrogens (primary N) is 1. The van der Waals surface area contributed by atoms with Crippen molar-refractivity contribution in [3.8, 4) is 0 Å². The van der Waals surface area contributed by atoms with Crippen molar-refractivity contribution in [3.05, 3.63) is 24.3 Å². The predicted molar refractivity (Wildman–Crippen MR) is 90.4 cm³/mol. The Morgan fingerprint density at radius 3 is 2.24 bits per heavy atom. The number of rotatable bonds is 2. The van der Waals surface area contributed by atoms with Crippen molar-refractivity contribution in [2.45, 2.75) is 40.7 Å². The van der Waals surface area contributed by atoms with Gasteiger partial charge in [0, 0.05) is 43.0 Å². The zero-order valence-electron chi connectivity index (χ0n) is 14.0. The molecule has 0 bridgehead atoms. The quantitative estimate of drug-likeness (QED) is 0.852. The minimum Gasteiger partial charge on any atom is -0.399 e. The number of amides is 1. The summed E-state index contributed by atoms with van der Waals surface area (Å²) in [6.45, 7) is 12.6. The van der Waals surface area contributed by atoms with E-state index in [-0.39, 0.29) is 17.9 Å². The molecular formula is C17H29N3O. The molecule has 1 aromatic carbocycles. The minimum absolute atomic E-state index is 0.0746. The van der Waals surface area contributed by atoms with Crippen LogP contribution < -0.4 is 10.6 Å². The van der Waals surface area contributed by atoms with E-state index in [9.17, 15) is 4.79 Å². The fourth-order valence-corrected chi connectivity index (χ4v) is 2.54. The smallest absolute Gasteiger partial charge is 0.225 e. The Hall–Kier alpha value is -1.71. The Balaban J connectivity index is 0.00000106. The number of nitrogens with zero attached hydrogens (tertiary/aromatic N) is 2. The largest absolute Gasteiger partial charge is 0.399 e. The molecule has 1 amide bonds. The topological polar surface area (TPSA) is 49.6 Å². The molecule has 0 radical (unpaired) electrons. The van der Waals surface area contributed by atoms with Gasteiger partial charge in [-0.15, -0.1) is 0 Å². The summed E-state index contributed by atoms with van der Waals surface area (Å²) in [5.74, 6) is 0.329. The highest BCUT2D eigenvalue weighted by atomic mass is 16.2. The predicted octanol–water partition coefficient (Wildman–Crippen LogP) is 2.99. The van der Waals surface area contributed by atoms with Crippen molar-refractivity contribution >= 4 is 17.3 Å². The molecule has 0 saturated carbocycles. The second-order valence-electron chi connectivity index (χ2n) is 5.57. The van der Waals surface area contributed by atoms with Gasteiger partial charge in [-0.1, -0.05) is 27.7 Å². The Labute approximate surface area is 128 Å². The van der Waals surface area contributed by atoms with Gasteiger partial charge in [0.15, 0.2) is 0 Å². The van der Waals surface area contributed by atoms with Crippen molar-refractivity contribution < 1.29 is 4.79 Å². The van der Waals surface area contributed by atoms with Gasteiger partial charge < -0.3 is 15.5 Å². The average molecular weight is 291 g/mol. The lowest BCUT2D eigenvalue weighted by Gasteiger charge is -2.41. The molecule has 2 rings (SSSR count). The standard InChI is InChI=1S/C15H23N3O.C2H6/c1-11(2)15(19)18-9-8-17(10-12(18)3)14-6-4-13(16)5-7-14;1-2/h4-7,11-12H,8-10,16H2,1-3H3;1-2H3. The van der Waals surface area contributed by atoms with E-state index in [4.69, 9.17) is 5.73 Å². The van der Waals surface area contributed by atoms with Gasteiger partial charge in [0.05, 0.1) is 0 Å². The van der Waals surface area contributed by atoms with E-state index in [0.717, 1.165) is 25.3 Å². The normalized spacial score (nSPS) is 18.3. The molecule has 1 aromatic rings. The van der Waals surface area contributed by atoms with Gasteiger partial charge in [-0.2, -0.15) is 0 Å². The van der Waals surface area contributed by atoms with Gasteiger partial charge >= 0.3 is 0 Å². The maximum atomic E-state index is 12.1. The summed E-state index contributed by atoms with van der Waals surface area (Å²) in [5.41, 5.74) is 7.67. The van der Waals surface area contributed by atoms with Gasteiger partial charge in [-0.3, -0.25) is 4.79 Å². The summed E-state index contributed by atoms with van der Waals surface area (Å²) in [6.07, 6.45) is 0. The third-order valence-corrected chi connectivity index (χ3v) is 3.66. The second kappa shape index (κ2) is 7.91. The van der Waals surface area contributed by atoms with E-state index in [0.29, 0.717) is 0 Å². The van der Waals surface area contributed by atoms with E-state index >= 15 is 0 Å². The van der Waals surface area contributed by atoms with Crippen LogP contribution in [0.4, 0.5) is 11.4 Å². The van der Waals surface area contributed by atoms with Crippen LogP contribution >= 0.6 is 0 Å². The average Bonchev–Trinajstić information content (AvgIpc) is 2.49. The van der Waals surface area contributed by atoms with Crippen molar-refractivity contribution in [3.63, 3.8) is 0 Å². The fourth-order valence-electron chi connectivity index (χ4n) is 2.54. The molecule has 21 heavy (non-hydrogen) atoms. The summed E-state index contributed by atoms with van der Waals surface area (Å²) >= 11 is 0. The van der Waals surface area contributed by atoms with Crippen LogP contribution in [0.15, 0.2) is 24.3 Å². The Morgan fingerprint density at radius 2 is 1.76 bits per heavy atom. The molecule has 0 aliphatic carbocycles. The highest BCUT2D eigenvalue weighted by molar-refractivity contribution is 5.78. The van der Waals surface area contributed by atoms with Gasteiger partial charge in [-0.05, 0) is 31.2 Å². The first-order chi connectivity index (χ1) is 9.99. The van der Waals surface area contributed by atoms with Crippen molar-refractivity contribution in [2.24, 2.45) is 5.92 Å². The molecule has 1 unspecified atom stereocenters. The molecule has 2 N–H and O–H groups in total. The van der Waals surface area contributed by atoms with Gasteiger partial charge in [-0.25, -0.2) is 0 Å². The van der Waals surface area contributed by atoms with Crippen LogP contribution in [0.1, 0.15) is 34.6 Å². The van der Waals surface area contributed by atoms with Crippen LogP contribution in [0.25, 0.3) is 0 Å². The molecule has 4 heteroatoms. The van der Waals surface area contributed by atoms with Crippen LogP contribution in [0.3, 0.4) is 0 Å². The van der Waals surface area contributed by atoms with E-state index in [1.165, 1.54) is 5.69 Å². The van der Waals surface area contributed by atoms with Gasteiger partial charge in [0.25, 0.3) is 0 Å². The van der Waals surface area contributed by atoms with Gasteiger partial charge in [0.1, 0.15) is 0 Å². The molecule has 0 aromatic heterocycles. The van der Waals surface area contributed by atoms with Crippen molar-refractivity contribution in [2.75, 3.05) is 30.3 Å². The lowest BCUT2D eigenvalue weighted by atomic mass is 10.1. The molecule has 4 nitrogen and oxygen atoms in total. The van der Waals surface area contributed by atoms with Crippen LogP contribution in [-0.2, 0) is 4.79 Å². The number of benzene rings is 1. The minimum atomic E-state index is 0.0746. The third-order valence-electron chi connectivity index (χ3n) is 3.66. The van der Waals surface area contributed by atoms with Crippen molar-refractivity contribution in [1.29, 1.82) is 0 Å². The van der Waals surface area contributed by atoms with Gasteiger partial charge in [0.2, 0.25) is 5.91 Å². The van der Waals surface area contributed by atoms with E-state index in [1.54, 1.807) is 0 Å². The Kier molecular flexibility index (Phi) is 6.53. The number of hydrogen-bond donors (Lipinski definition) is 1. The number of carbonyl (C=O) groups excluding carboxylic acids is 1. The third kappa shape index (κ3) is 4.38. The monoisotopic (exact) mass is 291 g/mol. The van der Waals surface area contributed by atoms with E-state index in [2.05, 4.69) is 11.8 Å². The van der Waals surface area contributed by atoms with Crippen molar-refractivity contribution in [1.82, 2.24) is 4.90 Å². The Morgan fingerprint density at radius 1 is 1.19 bits per heavy atom. The number of hydrogen-bond acceptors (Lipinski definition) is 3. The highest BCUT2D eigenvalue weighted by Crippen LogP contribution is 2.21. The van der Waals surface area contributed by atoms with Crippen LogP contribution in [-0.4, -0.2) is 36.5 Å². The first-order valence-electron chi connectivity index (χ1n) is 7.90. The van der Waals surface area contributed by atoms with Crippen LogP contribution in [0, 0.1) is 5.92 Å². The maximum Gasteiger partial charge on any atom is 0.225 e. The first kappa shape index (κ1) is 17.3. The summed E-state index contributed by atoms with van der Waals surface area (Å²) in [6, 6.07) is 8.18. The lowest BCUT2D eigenvalue weighted by Crippen LogP contribution is -2.55. The zero-order valence-corrected chi connectivity index (χ0v) is 14.0. The van der Waals surface area contributed by atoms with E-state index in [1.807, 2.05) is 56.9 Å². The molecule has 118 valence electrons. The van der Waals surface area contributed by atoms with E-state index < -0.39 is 0 Å². The molecule has 1 fully saturated rings. The molecule has 1 atom stereocenters. The van der Waals surface area contributed by atoms with Crippen LogP contribution in [0.5, 0.6) is 0 Å². The Bertz CT molecular complexity index is 442. The summed E-state index contributed by atoms with van der Waals surface area (Å²) in [4.78, 5) is 16.4. The molecule has 1 saturated heterocycles. The molecule has 1 aliphatic rings. The maximum absolute atomic E-state index is 12.1. The number of piperazine rings is 1. The number of carbonyl (C=O) groups is 1. The molecule has 1 aliphatic heterocycles. The first-order valence-corrected chi connectivity index (χ1v) is 7.90. The number of nitrogen functional groups attached to an aromatic ring is 1. The zero-order chi connectivity index (χ0) is 16.0. The summed E-state index contributed by atoms with van der Waals surface area (Å²) < 4.78 is 0. The van der Waals surface area contributed by atoms with Crippen LogP contribution in [0.2, 0.25) is 0 Å². The molecular weight excluding hydrogens is 262 g/mol. The summed E-state index contributed by atoms with van der Waals surface area (Å²) in [5, 5.41) is 0. The molecule has 0 spiro atoms. The fraction of sp³-hybridized carbons (Fsp3) is 0.588. The second-order valence-corrected chi connectivity index (χ2v) is 5.57. The number of anilines is 2. The molecule has 1 heterocycles. The lowest BCUT2D eigenvalue weighted by molar-refractivity contribution is -0.136. The highest BCUT2D eigenvalue weighted by Gasteiger charge is 2.28. The summed E-state index contributed by atoms with van der Waals surface area (Å²) in [7, 11) is 0.